The van der Waals surface area contributed by atoms with Gasteiger partial charge >= 0.3 is 0 Å². The highest BCUT2D eigenvalue weighted by molar-refractivity contribution is 6.05. The van der Waals surface area contributed by atoms with Crippen molar-refractivity contribution < 1.29 is 26.2 Å². The molecule has 2 aromatic rings. The van der Waals surface area contributed by atoms with Crippen molar-refractivity contribution in [3.63, 3.8) is 0 Å². The maximum atomic E-state index is 12.7. The summed E-state index contributed by atoms with van der Waals surface area (Å²) >= 11 is 0. The first-order valence-corrected chi connectivity index (χ1v) is 5.39. The van der Waals surface area contributed by atoms with Gasteiger partial charge in [-0.25, -0.2) is 4.39 Å². The molecule has 1 aromatic carbocycles. The normalized spacial score (nSPS) is 10.2. The first kappa shape index (κ1) is 14.9. The number of nitrogens with zero attached hydrogens (tertiary/aromatic N) is 1. The lowest BCUT2D eigenvalue weighted by molar-refractivity contribution is -0.568. The molecule has 0 saturated heterocycles. The number of nitrogen functional groups attached to an aromatic ring is 1. The lowest BCUT2D eigenvalue weighted by Crippen LogP contribution is -3.00. The lowest BCUT2D eigenvalue weighted by atomic mass is 10.1. The Morgan fingerprint density at radius 3 is 2.26 bits per heavy atom. The van der Waals surface area contributed by atoms with Crippen LogP contribution in [0.3, 0.4) is 0 Å². The fourth-order valence-electron chi connectivity index (χ4n) is 1.41. The Kier molecular flexibility index (Phi) is 5.21. The molecule has 1 heterocycles. The standard InChI is InChI=1S/C14H11FN2O.ClH/c15-12-3-1-11(2-4-12)14(18)7-10-17-8-5-13(16)6-9-17;/h1-10,16H;1H. The molecule has 0 bridgehead atoms. The Labute approximate surface area is 116 Å². The average molecular weight is 279 g/mol. The number of rotatable bonds is 3. The third kappa shape index (κ3) is 4.19. The van der Waals surface area contributed by atoms with Crippen LogP contribution < -0.4 is 22.7 Å². The quantitative estimate of drug-likeness (QED) is 0.447. The second-order valence-electron chi connectivity index (χ2n) is 3.77. The Hall–Kier alpha value is -2.20. The Morgan fingerprint density at radius 1 is 1.11 bits per heavy atom. The van der Waals surface area contributed by atoms with E-state index >= 15 is 0 Å². The van der Waals surface area contributed by atoms with Gasteiger partial charge in [0.05, 0.1) is 6.08 Å². The van der Waals surface area contributed by atoms with Crippen LogP contribution in [0.1, 0.15) is 10.4 Å². The van der Waals surface area contributed by atoms with E-state index in [1.54, 1.807) is 35.3 Å². The van der Waals surface area contributed by atoms with Crippen LogP contribution in [0, 0.1) is 5.82 Å². The summed E-state index contributed by atoms with van der Waals surface area (Å²) in [6.07, 6.45) is 6.52. The van der Waals surface area contributed by atoms with Crippen LogP contribution in [0.5, 0.6) is 0 Å². The fraction of sp³-hybridized carbons (Fsp3) is 0. The monoisotopic (exact) mass is 278 g/mol. The molecule has 98 valence electrons. The molecule has 0 amide bonds. The number of carbonyl (C=O) groups excluding carboxylic acids is 1. The van der Waals surface area contributed by atoms with Crippen LogP contribution in [0.15, 0.2) is 54.9 Å². The number of carbonyl (C=O) groups is 1. The second-order valence-corrected chi connectivity index (χ2v) is 3.77. The highest BCUT2D eigenvalue weighted by Gasteiger charge is 2.03. The van der Waals surface area contributed by atoms with E-state index < -0.39 is 0 Å². The molecular formula is C14H12ClFN2O. The largest absolute Gasteiger partial charge is 1.00 e. The summed E-state index contributed by atoms with van der Waals surface area (Å²) in [5, 5.41) is 0. The summed E-state index contributed by atoms with van der Waals surface area (Å²) in [6.45, 7) is 0. The number of hydrogen-bond donors (Lipinski definition) is 1. The molecule has 19 heavy (non-hydrogen) atoms. The maximum Gasteiger partial charge on any atom is 0.191 e. The third-order valence-electron chi connectivity index (χ3n) is 2.41. The van der Waals surface area contributed by atoms with Gasteiger partial charge in [-0.3, -0.25) is 4.79 Å². The SMILES string of the molecule is Nc1cc[n+](C=CC(=O)c2ccc(F)cc2)cc1.[Cl-]. The topological polar surface area (TPSA) is 47.0 Å². The summed E-state index contributed by atoms with van der Waals surface area (Å²) in [4.78, 5) is 11.7. The van der Waals surface area contributed by atoms with Crippen molar-refractivity contribution >= 4 is 17.7 Å². The van der Waals surface area contributed by atoms with Crippen molar-refractivity contribution in [1.29, 1.82) is 0 Å². The van der Waals surface area contributed by atoms with Gasteiger partial charge < -0.3 is 18.1 Å². The second kappa shape index (κ2) is 6.66. The molecule has 0 aliphatic carbocycles. The highest BCUT2D eigenvalue weighted by atomic mass is 35.5. The predicted octanol–water partition coefficient (Wildman–Crippen LogP) is -0.947. The molecule has 0 radical (unpaired) electrons. The molecule has 2 rings (SSSR count). The summed E-state index contributed by atoms with van der Waals surface area (Å²) in [5.74, 6) is -0.539. The van der Waals surface area contributed by atoms with Crippen molar-refractivity contribution in [2.45, 2.75) is 0 Å². The van der Waals surface area contributed by atoms with E-state index in [0.29, 0.717) is 11.3 Å². The molecule has 0 fully saturated rings. The minimum atomic E-state index is -0.358. The Bertz CT molecular complexity index is 579. The molecule has 0 atom stereocenters. The number of allylic oxidation sites excluding steroid dienone is 1. The summed E-state index contributed by atoms with van der Waals surface area (Å²) < 4.78 is 14.4. The van der Waals surface area contributed by atoms with E-state index in [1.807, 2.05) is 0 Å². The minimum absolute atomic E-state index is 0. The molecule has 0 spiro atoms. The van der Waals surface area contributed by atoms with Gasteiger partial charge in [-0.2, -0.15) is 4.57 Å². The number of nitrogens with two attached hydrogens (primary N) is 1. The Morgan fingerprint density at radius 2 is 1.68 bits per heavy atom. The smallest absolute Gasteiger partial charge is 0.191 e. The van der Waals surface area contributed by atoms with Crippen LogP contribution in [0.4, 0.5) is 10.1 Å². The van der Waals surface area contributed by atoms with Crippen molar-refractivity contribution in [3.8, 4) is 0 Å². The first-order valence-electron chi connectivity index (χ1n) is 5.39. The van der Waals surface area contributed by atoms with Crippen LogP contribution in [-0.2, 0) is 0 Å². The van der Waals surface area contributed by atoms with E-state index in [0.717, 1.165) is 0 Å². The van der Waals surface area contributed by atoms with E-state index in [4.69, 9.17) is 5.73 Å². The van der Waals surface area contributed by atoms with Crippen molar-refractivity contribution in [2.75, 3.05) is 5.73 Å². The average Bonchev–Trinajstić information content (AvgIpc) is 2.38. The van der Waals surface area contributed by atoms with Crippen LogP contribution in [0.2, 0.25) is 0 Å². The van der Waals surface area contributed by atoms with E-state index in [-0.39, 0.29) is 24.0 Å². The predicted molar refractivity (Wildman–Crippen MR) is 67.1 cm³/mol. The summed E-state index contributed by atoms with van der Waals surface area (Å²) in [5.41, 5.74) is 6.65. The molecule has 5 heteroatoms. The highest BCUT2D eigenvalue weighted by Crippen LogP contribution is 2.04. The molecule has 1 aromatic heterocycles. The van der Waals surface area contributed by atoms with Crippen molar-refractivity contribution in [1.82, 2.24) is 0 Å². The first-order chi connectivity index (χ1) is 8.65. The van der Waals surface area contributed by atoms with E-state index in [1.165, 1.54) is 30.3 Å². The van der Waals surface area contributed by atoms with Crippen molar-refractivity contribution in [3.05, 3.63) is 66.2 Å². The number of aromatic nitrogens is 1. The fourth-order valence-corrected chi connectivity index (χ4v) is 1.41. The number of benzene rings is 1. The zero-order valence-electron chi connectivity index (χ0n) is 9.96. The van der Waals surface area contributed by atoms with Gasteiger partial charge in [0.1, 0.15) is 5.82 Å². The third-order valence-corrected chi connectivity index (χ3v) is 2.41. The maximum absolute atomic E-state index is 12.7. The molecule has 0 unspecified atom stereocenters. The van der Waals surface area contributed by atoms with Gasteiger partial charge in [-0.15, -0.1) is 0 Å². The molecule has 3 nitrogen and oxygen atoms in total. The number of pyridine rings is 1. The number of hydrogen-bond acceptors (Lipinski definition) is 2. The van der Waals surface area contributed by atoms with Crippen LogP contribution in [0.25, 0.3) is 6.20 Å². The molecule has 2 N–H and O–H groups in total. The minimum Gasteiger partial charge on any atom is -1.00 e. The zero-order valence-corrected chi connectivity index (χ0v) is 10.7. The van der Waals surface area contributed by atoms with Gasteiger partial charge in [-0.1, -0.05) is 0 Å². The van der Waals surface area contributed by atoms with Crippen LogP contribution in [-0.4, -0.2) is 5.78 Å². The summed E-state index contributed by atoms with van der Waals surface area (Å²) in [7, 11) is 0. The number of ketones is 1. The van der Waals surface area contributed by atoms with Crippen LogP contribution >= 0.6 is 0 Å². The molecule has 0 aliphatic rings. The number of anilines is 1. The van der Waals surface area contributed by atoms with Gasteiger partial charge in [0, 0.05) is 23.4 Å². The van der Waals surface area contributed by atoms with Crippen molar-refractivity contribution in [2.24, 2.45) is 0 Å². The lowest BCUT2D eigenvalue weighted by Gasteiger charge is -1.94. The van der Waals surface area contributed by atoms with E-state index in [2.05, 4.69) is 0 Å². The molecule has 0 aliphatic heterocycles. The van der Waals surface area contributed by atoms with Gasteiger partial charge in [-0.05, 0) is 24.3 Å². The summed E-state index contributed by atoms with van der Waals surface area (Å²) in [6, 6.07) is 8.89. The van der Waals surface area contributed by atoms with E-state index in [9.17, 15) is 9.18 Å². The number of halogens is 2. The molecular weight excluding hydrogens is 267 g/mol. The van der Waals surface area contributed by atoms with Gasteiger partial charge in [0.2, 0.25) is 0 Å². The van der Waals surface area contributed by atoms with Gasteiger partial charge in [0.25, 0.3) is 0 Å². The molecule has 0 saturated carbocycles. The zero-order chi connectivity index (χ0) is 13.0. The van der Waals surface area contributed by atoms with Gasteiger partial charge in [0.15, 0.2) is 24.4 Å². The Balaban J connectivity index is 0.00000180.